The van der Waals surface area contributed by atoms with E-state index in [1.54, 1.807) is 35.2 Å². The first-order valence-corrected chi connectivity index (χ1v) is 12.2. The second kappa shape index (κ2) is 8.69. The molecule has 6 nitrogen and oxygen atoms in total. The molecule has 2 heterocycles. The summed E-state index contributed by atoms with van der Waals surface area (Å²) in [5.41, 5.74) is 0.310. The number of rotatable bonds is 6. The van der Waals surface area contributed by atoms with E-state index >= 15 is 0 Å². The molecule has 158 valence electrons. The molecule has 0 spiro atoms. The number of benzene rings is 2. The number of amides is 1. The SMILES string of the molecule is O=C(CCS(=O)(=O)c1ccccc1)N1CCC(Oc2nc3c(F)cccc3s2)CC1. The molecule has 0 aliphatic carbocycles. The van der Waals surface area contributed by atoms with Gasteiger partial charge >= 0.3 is 0 Å². The van der Waals surface area contributed by atoms with Crippen molar-refractivity contribution in [2.75, 3.05) is 18.8 Å². The zero-order chi connectivity index (χ0) is 21.1. The third kappa shape index (κ3) is 4.62. The molecule has 1 aromatic heterocycles. The first-order valence-electron chi connectivity index (χ1n) is 9.70. The molecule has 1 aliphatic rings. The van der Waals surface area contributed by atoms with E-state index in [4.69, 9.17) is 4.74 Å². The van der Waals surface area contributed by atoms with Crippen molar-refractivity contribution >= 4 is 37.3 Å². The monoisotopic (exact) mass is 448 g/mol. The average molecular weight is 449 g/mol. The van der Waals surface area contributed by atoms with Crippen LogP contribution in [0.4, 0.5) is 4.39 Å². The van der Waals surface area contributed by atoms with Gasteiger partial charge in [-0.15, -0.1) is 0 Å². The summed E-state index contributed by atoms with van der Waals surface area (Å²) in [4.78, 5) is 18.6. The van der Waals surface area contributed by atoms with Gasteiger partial charge in [0.2, 0.25) is 5.91 Å². The number of hydrogen-bond acceptors (Lipinski definition) is 6. The lowest BCUT2D eigenvalue weighted by molar-refractivity contribution is -0.132. The topological polar surface area (TPSA) is 76.6 Å². The van der Waals surface area contributed by atoms with E-state index in [9.17, 15) is 17.6 Å². The van der Waals surface area contributed by atoms with Gasteiger partial charge in [0.15, 0.2) is 9.84 Å². The van der Waals surface area contributed by atoms with E-state index in [0.29, 0.717) is 36.6 Å². The molecule has 4 rings (SSSR count). The second-order valence-electron chi connectivity index (χ2n) is 7.15. The number of hydrogen-bond donors (Lipinski definition) is 0. The minimum absolute atomic E-state index is 0.0418. The molecule has 0 atom stereocenters. The maximum absolute atomic E-state index is 13.8. The molecular formula is C21H21FN2O4S2. The molecule has 0 saturated carbocycles. The molecule has 30 heavy (non-hydrogen) atoms. The van der Waals surface area contributed by atoms with Crippen molar-refractivity contribution in [2.45, 2.75) is 30.3 Å². The number of sulfone groups is 1. The Hall–Kier alpha value is -2.52. The van der Waals surface area contributed by atoms with E-state index in [2.05, 4.69) is 4.98 Å². The van der Waals surface area contributed by atoms with Gasteiger partial charge in [-0.05, 0) is 24.3 Å². The minimum Gasteiger partial charge on any atom is -0.467 e. The van der Waals surface area contributed by atoms with Gasteiger partial charge in [-0.3, -0.25) is 4.79 Å². The Morgan fingerprint density at radius 1 is 1.13 bits per heavy atom. The zero-order valence-corrected chi connectivity index (χ0v) is 17.8. The maximum Gasteiger partial charge on any atom is 0.274 e. The Morgan fingerprint density at radius 2 is 1.87 bits per heavy atom. The van der Waals surface area contributed by atoms with Crippen LogP contribution in [-0.2, 0) is 14.6 Å². The third-order valence-electron chi connectivity index (χ3n) is 5.10. The Morgan fingerprint density at radius 3 is 2.57 bits per heavy atom. The van der Waals surface area contributed by atoms with E-state index in [0.717, 1.165) is 4.70 Å². The summed E-state index contributed by atoms with van der Waals surface area (Å²) < 4.78 is 45.1. The Kier molecular flexibility index (Phi) is 6.01. The minimum atomic E-state index is -3.47. The van der Waals surface area contributed by atoms with Crippen LogP contribution in [0.3, 0.4) is 0 Å². The van der Waals surface area contributed by atoms with Crippen molar-refractivity contribution in [3.05, 3.63) is 54.3 Å². The van der Waals surface area contributed by atoms with Crippen LogP contribution in [0.2, 0.25) is 0 Å². The molecule has 3 aromatic rings. The van der Waals surface area contributed by atoms with Crippen LogP contribution in [0.1, 0.15) is 19.3 Å². The van der Waals surface area contributed by atoms with Crippen LogP contribution < -0.4 is 4.74 Å². The van der Waals surface area contributed by atoms with Gasteiger partial charge in [0.25, 0.3) is 5.19 Å². The summed E-state index contributed by atoms with van der Waals surface area (Å²) in [6, 6.07) is 13.0. The first-order chi connectivity index (χ1) is 14.4. The fourth-order valence-corrected chi connectivity index (χ4v) is 5.58. The lowest BCUT2D eigenvalue weighted by Crippen LogP contribution is -2.42. The predicted octanol–water partition coefficient (Wildman–Crippen LogP) is 3.67. The molecule has 2 aromatic carbocycles. The third-order valence-corrected chi connectivity index (χ3v) is 7.74. The maximum atomic E-state index is 13.8. The summed E-state index contributed by atoms with van der Waals surface area (Å²) in [5.74, 6) is -0.747. The van der Waals surface area contributed by atoms with Gasteiger partial charge in [-0.25, -0.2) is 12.8 Å². The van der Waals surface area contributed by atoms with Crippen molar-refractivity contribution in [2.24, 2.45) is 0 Å². The smallest absolute Gasteiger partial charge is 0.274 e. The van der Waals surface area contributed by atoms with Gasteiger partial charge in [0.1, 0.15) is 17.4 Å². The predicted molar refractivity (Wildman–Crippen MR) is 113 cm³/mol. The Labute approximate surface area is 178 Å². The number of ether oxygens (including phenoxy) is 1. The fraction of sp³-hybridized carbons (Fsp3) is 0.333. The summed E-state index contributed by atoms with van der Waals surface area (Å²) in [6.45, 7) is 0.988. The molecule has 1 amide bonds. The molecule has 0 radical (unpaired) electrons. The first kappa shape index (κ1) is 20.7. The average Bonchev–Trinajstić information content (AvgIpc) is 3.17. The number of carbonyl (C=O) groups is 1. The quantitative estimate of drug-likeness (QED) is 0.575. The molecule has 1 fully saturated rings. The summed E-state index contributed by atoms with van der Waals surface area (Å²) in [5, 5.41) is 0.425. The van der Waals surface area contributed by atoms with Crippen LogP contribution in [0.25, 0.3) is 10.2 Å². The number of aromatic nitrogens is 1. The van der Waals surface area contributed by atoms with E-state index < -0.39 is 9.84 Å². The highest BCUT2D eigenvalue weighted by Gasteiger charge is 2.26. The van der Waals surface area contributed by atoms with Crippen molar-refractivity contribution < 1.29 is 22.3 Å². The van der Waals surface area contributed by atoms with Crippen LogP contribution in [0.15, 0.2) is 53.4 Å². The second-order valence-corrected chi connectivity index (χ2v) is 10.2. The Bertz CT molecular complexity index is 1140. The largest absolute Gasteiger partial charge is 0.467 e. The molecule has 1 saturated heterocycles. The number of nitrogens with zero attached hydrogens (tertiary/aromatic N) is 2. The zero-order valence-electron chi connectivity index (χ0n) is 16.2. The van der Waals surface area contributed by atoms with Crippen molar-refractivity contribution in [3.63, 3.8) is 0 Å². The molecule has 9 heteroatoms. The number of fused-ring (bicyclic) bond motifs is 1. The molecule has 1 aliphatic heterocycles. The highest BCUT2D eigenvalue weighted by molar-refractivity contribution is 7.91. The lowest BCUT2D eigenvalue weighted by atomic mass is 10.1. The van der Waals surface area contributed by atoms with Crippen LogP contribution in [-0.4, -0.2) is 49.2 Å². The van der Waals surface area contributed by atoms with Crippen LogP contribution in [0.5, 0.6) is 5.19 Å². The number of carbonyl (C=O) groups excluding carboxylic acids is 1. The number of likely N-dealkylation sites (tertiary alicyclic amines) is 1. The van der Waals surface area contributed by atoms with Crippen molar-refractivity contribution in [3.8, 4) is 5.19 Å². The van der Waals surface area contributed by atoms with Crippen molar-refractivity contribution in [1.82, 2.24) is 9.88 Å². The highest BCUT2D eigenvalue weighted by Crippen LogP contribution is 2.31. The lowest BCUT2D eigenvalue weighted by Gasteiger charge is -2.31. The highest BCUT2D eigenvalue weighted by atomic mass is 32.2. The summed E-state index contributed by atoms with van der Waals surface area (Å²) in [7, 11) is -3.47. The standard InChI is InChI=1S/C21H21FN2O4S2/c22-17-7-4-8-18-20(17)23-21(29-18)28-15-9-12-24(13-10-15)19(25)11-14-30(26,27)16-5-2-1-3-6-16/h1-8,15H,9-14H2. The van der Waals surface area contributed by atoms with Gasteiger partial charge < -0.3 is 9.64 Å². The normalized spacial score (nSPS) is 15.4. The number of halogens is 1. The number of thiazole rings is 1. The van der Waals surface area contributed by atoms with Gasteiger partial charge in [-0.1, -0.05) is 35.6 Å². The number of piperidine rings is 1. The van der Waals surface area contributed by atoms with E-state index in [-0.39, 0.29) is 34.9 Å². The van der Waals surface area contributed by atoms with Crippen LogP contribution in [0, 0.1) is 5.82 Å². The summed E-state index contributed by atoms with van der Waals surface area (Å²) >= 11 is 1.30. The number of para-hydroxylation sites is 1. The molecule has 0 unspecified atom stereocenters. The van der Waals surface area contributed by atoms with E-state index in [1.807, 2.05) is 0 Å². The molecular weight excluding hydrogens is 427 g/mol. The molecule has 0 N–H and O–H groups in total. The van der Waals surface area contributed by atoms with Gasteiger partial charge in [0.05, 0.1) is 15.3 Å². The van der Waals surface area contributed by atoms with E-state index in [1.165, 1.54) is 29.5 Å². The van der Waals surface area contributed by atoms with Crippen molar-refractivity contribution in [1.29, 1.82) is 0 Å². The summed E-state index contributed by atoms with van der Waals surface area (Å²) in [6.07, 6.45) is 1.09. The Balaban J connectivity index is 1.28. The van der Waals surface area contributed by atoms with Gasteiger partial charge in [-0.2, -0.15) is 4.98 Å². The van der Waals surface area contributed by atoms with Crippen LogP contribution >= 0.6 is 11.3 Å². The fourth-order valence-electron chi connectivity index (χ4n) is 3.44. The van der Waals surface area contributed by atoms with Gasteiger partial charge in [0, 0.05) is 32.4 Å². The molecule has 0 bridgehead atoms.